The van der Waals surface area contributed by atoms with Crippen molar-refractivity contribution in [1.82, 2.24) is 0 Å². The Hall–Kier alpha value is -5.13. The number of hydrogen-bond donors (Lipinski definition) is 0. The Morgan fingerprint density at radius 1 is 0.721 bits per heavy atom. The highest BCUT2D eigenvalue weighted by atomic mass is 16.6. The molecule has 12 nitrogen and oxygen atoms in total. The first kappa shape index (κ1) is 32.4. The number of nitro benzene ring substituents is 1. The van der Waals surface area contributed by atoms with Crippen LogP contribution < -0.4 is 33.2 Å². The van der Waals surface area contributed by atoms with Crippen LogP contribution in [0.4, 0.5) is 5.69 Å². The van der Waals surface area contributed by atoms with Gasteiger partial charge in [0.25, 0.3) is 5.69 Å². The Morgan fingerprint density at radius 2 is 1.33 bits per heavy atom. The van der Waals surface area contributed by atoms with E-state index in [2.05, 4.69) is 4.74 Å². The number of methoxy groups -OCH3 is 6. The Morgan fingerprint density at radius 3 is 1.91 bits per heavy atom. The van der Waals surface area contributed by atoms with Crippen molar-refractivity contribution in [2.45, 2.75) is 19.4 Å². The molecule has 0 unspecified atom stereocenters. The minimum Gasteiger partial charge on any atom is -0.493 e. The molecule has 3 aromatic rings. The first-order valence-corrected chi connectivity index (χ1v) is 13.1. The second kappa shape index (κ2) is 15.8. The van der Waals surface area contributed by atoms with Crippen LogP contribution in [-0.4, -0.2) is 60.2 Å². The van der Waals surface area contributed by atoms with Crippen molar-refractivity contribution in [3.05, 3.63) is 69.3 Å². The Kier molecular flexibility index (Phi) is 11.9. The van der Waals surface area contributed by atoms with Gasteiger partial charge in [0, 0.05) is 6.42 Å². The lowest BCUT2D eigenvalue weighted by molar-refractivity contribution is -0.385. The van der Waals surface area contributed by atoms with Gasteiger partial charge in [0.05, 0.1) is 65.8 Å². The van der Waals surface area contributed by atoms with E-state index in [1.807, 2.05) is 30.4 Å². The highest BCUT2D eigenvalue weighted by Gasteiger charge is 2.21. The summed E-state index contributed by atoms with van der Waals surface area (Å²) in [4.78, 5) is 22.7. The van der Waals surface area contributed by atoms with Gasteiger partial charge in [-0.1, -0.05) is 18.2 Å². The molecule has 43 heavy (non-hydrogen) atoms. The lowest BCUT2D eigenvalue weighted by Gasteiger charge is -2.15. The minimum atomic E-state index is -0.521. The second-order valence-electron chi connectivity index (χ2n) is 8.91. The predicted octanol–water partition coefficient (Wildman–Crippen LogP) is 5.72. The van der Waals surface area contributed by atoms with Crippen LogP contribution in [0.5, 0.6) is 40.2 Å². The van der Waals surface area contributed by atoms with Crippen LogP contribution in [0.1, 0.15) is 29.5 Å². The molecule has 3 rings (SSSR count). The fourth-order valence-electron chi connectivity index (χ4n) is 4.11. The molecule has 0 aromatic heterocycles. The van der Waals surface area contributed by atoms with E-state index in [9.17, 15) is 14.9 Å². The molecule has 3 aromatic carbocycles. The van der Waals surface area contributed by atoms with E-state index in [4.69, 9.17) is 33.2 Å². The molecule has 0 N–H and O–H groups in total. The summed E-state index contributed by atoms with van der Waals surface area (Å²) >= 11 is 0. The molecule has 0 fully saturated rings. The van der Waals surface area contributed by atoms with Crippen molar-refractivity contribution >= 4 is 23.8 Å². The summed E-state index contributed by atoms with van der Waals surface area (Å²) in [7, 11) is 8.87. The number of carbonyl (C=O) groups excluding carboxylic acids is 1. The summed E-state index contributed by atoms with van der Waals surface area (Å²) in [6.07, 6.45) is 4.27. The zero-order valence-corrected chi connectivity index (χ0v) is 25.0. The number of ether oxygens (including phenoxy) is 8. The van der Waals surface area contributed by atoms with Gasteiger partial charge in [0.15, 0.2) is 34.5 Å². The van der Waals surface area contributed by atoms with Gasteiger partial charge in [0.1, 0.15) is 6.61 Å². The van der Waals surface area contributed by atoms with E-state index < -0.39 is 4.92 Å². The van der Waals surface area contributed by atoms with E-state index >= 15 is 0 Å². The maximum atomic E-state index is 11.9. The molecule has 0 aliphatic carbocycles. The molecule has 0 amide bonds. The van der Waals surface area contributed by atoms with Crippen LogP contribution in [0.2, 0.25) is 0 Å². The smallest absolute Gasteiger partial charge is 0.305 e. The number of nitro groups is 1. The third-order valence-electron chi connectivity index (χ3n) is 6.30. The van der Waals surface area contributed by atoms with Crippen molar-refractivity contribution in [2.24, 2.45) is 0 Å². The third kappa shape index (κ3) is 8.44. The van der Waals surface area contributed by atoms with Crippen LogP contribution in [0.3, 0.4) is 0 Å². The number of hydrogen-bond acceptors (Lipinski definition) is 11. The summed E-state index contributed by atoms with van der Waals surface area (Å²) in [6, 6.07) is 11.8. The number of benzene rings is 3. The Labute approximate surface area is 249 Å². The molecule has 0 saturated carbocycles. The summed E-state index contributed by atoms with van der Waals surface area (Å²) in [5, 5.41) is 11.9. The molecule has 0 atom stereocenters. The summed E-state index contributed by atoms with van der Waals surface area (Å²) in [5.41, 5.74) is 1.65. The van der Waals surface area contributed by atoms with Gasteiger partial charge in [-0.3, -0.25) is 14.9 Å². The molecule has 0 spiro atoms. The van der Waals surface area contributed by atoms with Gasteiger partial charge < -0.3 is 37.9 Å². The second-order valence-corrected chi connectivity index (χ2v) is 8.91. The molecule has 230 valence electrons. The summed E-state index contributed by atoms with van der Waals surface area (Å²) < 4.78 is 43.4. The monoisotopic (exact) mass is 597 g/mol. The standard InChI is InChI=1S/C31H35NO11/c1-36-24-12-11-20(9-10-21-15-28(38-3)31(41-6)29(16-21)39-4)14-26(24)43-19-22-17-25(37-2)27(18-23(22)32(34)35)42-13-7-8-30(33)40-5/h9-12,14-18H,7-8,13,19H2,1-6H3. The van der Waals surface area contributed by atoms with Crippen molar-refractivity contribution < 1.29 is 47.6 Å². The summed E-state index contributed by atoms with van der Waals surface area (Å²) in [5.74, 6) is 2.47. The SMILES string of the molecule is COC(=O)CCCOc1cc([N+](=O)[O-])c(COc2cc(C=Cc3cc(OC)c(OC)c(OC)c3)ccc2OC)cc1OC. The van der Waals surface area contributed by atoms with Crippen molar-refractivity contribution in [3.63, 3.8) is 0 Å². The van der Waals surface area contributed by atoms with Crippen LogP contribution in [0.15, 0.2) is 42.5 Å². The third-order valence-corrected chi connectivity index (χ3v) is 6.30. The first-order chi connectivity index (χ1) is 20.8. The fourth-order valence-corrected chi connectivity index (χ4v) is 4.11. The van der Waals surface area contributed by atoms with Crippen molar-refractivity contribution in [2.75, 3.05) is 49.3 Å². The van der Waals surface area contributed by atoms with Crippen molar-refractivity contribution in [1.29, 1.82) is 0 Å². The van der Waals surface area contributed by atoms with E-state index in [-0.39, 0.29) is 48.4 Å². The molecule has 0 aliphatic rings. The predicted molar refractivity (Wildman–Crippen MR) is 159 cm³/mol. The normalized spacial score (nSPS) is 10.7. The molecular weight excluding hydrogens is 562 g/mol. The minimum absolute atomic E-state index is 0.145. The van der Waals surface area contributed by atoms with Crippen LogP contribution in [0, 0.1) is 10.1 Å². The Bertz CT molecular complexity index is 1430. The van der Waals surface area contributed by atoms with Gasteiger partial charge >= 0.3 is 5.97 Å². The van der Waals surface area contributed by atoms with Crippen LogP contribution in [-0.2, 0) is 16.1 Å². The van der Waals surface area contributed by atoms with Gasteiger partial charge in [-0.05, 0) is 47.9 Å². The number of nitrogens with zero attached hydrogens (tertiary/aromatic N) is 1. The Balaban J connectivity index is 1.83. The quantitative estimate of drug-likeness (QED) is 0.0660. The number of rotatable bonds is 16. The molecule has 0 radical (unpaired) electrons. The molecule has 0 bridgehead atoms. The topological polar surface area (TPSA) is 134 Å². The first-order valence-electron chi connectivity index (χ1n) is 13.1. The average molecular weight is 598 g/mol. The van der Waals surface area contributed by atoms with E-state index in [0.717, 1.165) is 11.1 Å². The van der Waals surface area contributed by atoms with Crippen LogP contribution >= 0.6 is 0 Å². The zero-order valence-electron chi connectivity index (χ0n) is 25.0. The van der Waals surface area contributed by atoms with Gasteiger partial charge in [-0.25, -0.2) is 0 Å². The number of esters is 1. The summed E-state index contributed by atoms with van der Waals surface area (Å²) in [6.45, 7) is -0.00223. The molecule has 12 heteroatoms. The number of carbonyl (C=O) groups is 1. The average Bonchev–Trinajstić information content (AvgIpc) is 3.03. The molecule has 0 saturated heterocycles. The lowest BCUT2D eigenvalue weighted by atomic mass is 10.1. The molecule has 0 aliphatic heterocycles. The largest absolute Gasteiger partial charge is 0.493 e. The maximum absolute atomic E-state index is 11.9. The zero-order chi connectivity index (χ0) is 31.4. The molecule has 0 heterocycles. The van der Waals surface area contributed by atoms with Gasteiger partial charge in [0.2, 0.25) is 5.75 Å². The van der Waals surface area contributed by atoms with Crippen LogP contribution in [0.25, 0.3) is 12.2 Å². The molecular formula is C31H35NO11. The van der Waals surface area contributed by atoms with Gasteiger partial charge in [-0.15, -0.1) is 0 Å². The highest BCUT2D eigenvalue weighted by Crippen LogP contribution is 2.39. The van der Waals surface area contributed by atoms with Crippen molar-refractivity contribution in [3.8, 4) is 40.2 Å². The van der Waals surface area contributed by atoms with E-state index in [1.165, 1.54) is 40.6 Å². The van der Waals surface area contributed by atoms with E-state index in [1.54, 1.807) is 26.4 Å². The highest BCUT2D eigenvalue weighted by molar-refractivity contribution is 5.73. The fraction of sp³-hybridized carbons (Fsp3) is 0.323. The van der Waals surface area contributed by atoms with Gasteiger partial charge in [-0.2, -0.15) is 0 Å². The lowest BCUT2D eigenvalue weighted by Crippen LogP contribution is -2.07. The van der Waals surface area contributed by atoms with E-state index in [0.29, 0.717) is 35.2 Å². The maximum Gasteiger partial charge on any atom is 0.305 e.